The number of aryl methyl sites for hydroxylation is 1. The maximum absolute atomic E-state index is 6.63. The van der Waals surface area contributed by atoms with Crippen molar-refractivity contribution in [1.82, 2.24) is 0 Å². The third-order valence-corrected chi connectivity index (χ3v) is 4.77. The van der Waals surface area contributed by atoms with Crippen LogP contribution >= 0.6 is 0 Å². The van der Waals surface area contributed by atoms with Gasteiger partial charge < -0.3 is 5.73 Å². The van der Waals surface area contributed by atoms with Gasteiger partial charge in [0.15, 0.2) is 0 Å². The van der Waals surface area contributed by atoms with Crippen LogP contribution in [0.2, 0.25) is 0 Å². The SMILES string of the molecule is Cc1ccc(N(N)C2=C(N)c3ccccc3Cc3ccccc32)cc1. The molecule has 3 aromatic carbocycles. The molecule has 3 heteroatoms. The van der Waals surface area contributed by atoms with Crippen LogP contribution in [-0.4, -0.2) is 0 Å². The second kappa shape index (κ2) is 6.11. The lowest BCUT2D eigenvalue weighted by Crippen LogP contribution is -2.31. The Kier molecular flexibility index (Phi) is 3.79. The molecule has 3 aromatic rings. The molecule has 4 N–H and O–H groups in total. The Morgan fingerprint density at radius 3 is 2.00 bits per heavy atom. The standard InChI is InChI=1S/C22H21N3/c1-15-10-12-18(13-11-15)25(24)22-20-9-5-3-7-17(20)14-16-6-2-4-8-19(16)21(22)23/h2-13H,14,23-24H2,1H3. The van der Waals surface area contributed by atoms with Gasteiger partial charge in [-0.1, -0.05) is 66.2 Å². The van der Waals surface area contributed by atoms with Crippen molar-refractivity contribution in [2.24, 2.45) is 11.6 Å². The van der Waals surface area contributed by atoms with Crippen LogP contribution < -0.4 is 16.6 Å². The maximum Gasteiger partial charge on any atom is 0.0885 e. The molecule has 124 valence electrons. The van der Waals surface area contributed by atoms with Gasteiger partial charge in [-0.2, -0.15) is 0 Å². The second-order valence-electron chi connectivity index (χ2n) is 6.46. The van der Waals surface area contributed by atoms with E-state index in [0.717, 1.165) is 28.9 Å². The average Bonchev–Trinajstić information content (AvgIpc) is 2.76. The molecule has 0 saturated carbocycles. The van der Waals surface area contributed by atoms with Gasteiger partial charge in [-0.25, -0.2) is 5.84 Å². The van der Waals surface area contributed by atoms with Crippen molar-refractivity contribution in [3.05, 3.63) is 101 Å². The monoisotopic (exact) mass is 327 g/mol. The molecule has 0 heterocycles. The lowest BCUT2D eigenvalue weighted by Gasteiger charge is -2.25. The first kappa shape index (κ1) is 15.5. The fourth-order valence-electron chi connectivity index (χ4n) is 3.41. The highest BCUT2D eigenvalue weighted by Crippen LogP contribution is 2.36. The van der Waals surface area contributed by atoms with Gasteiger partial charge in [-0.3, -0.25) is 5.01 Å². The molecular weight excluding hydrogens is 306 g/mol. The Morgan fingerprint density at radius 2 is 1.32 bits per heavy atom. The topological polar surface area (TPSA) is 55.3 Å². The number of nitrogens with zero attached hydrogens (tertiary/aromatic N) is 1. The first-order chi connectivity index (χ1) is 12.1. The highest BCUT2D eigenvalue weighted by molar-refractivity contribution is 5.97. The Labute approximate surface area is 148 Å². The summed E-state index contributed by atoms with van der Waals surface area (Å²) in [6.45, 7) is 2.06. The zero-order chi connectivity index (χ0) is 17.4. The van der Waals surface area contributed by atoms with Crippen LogP contribution in [-0.2, 0) is 6.42 Å². The predicted molar refractivity (Wildman–Crippen MR) is 105 cm³/mol. The van der Waals surface area contributed by atoms with E-state index in [9.17, 15) is 0 Å². The Balaban J connectivity index is 1.95. The summed E-state index contributed by atoms with van der Waals surface area (Å²) in [5.74, 6) is 6.55. The van der Waals surface area contributed by atoms with E-state index in [0.29, 0.717) is 5.70 Å². The van der Waals surface area contributed by atoms with Crippen LogP contribution in [0.3, 0.4) is 0 Å². The zero-order valence-corrected chi connectivity index (χ0v) is 14.2. The summed E-state index contributed by atoms with van der Waals surface area (Å²) in [4.78, 5) is 0. The summed E-state index contributed by atoms with van der Waals surface area (Å²) in [7, 11) is 0. The molecule has 0 amide bonds. The van der Waals surface area contributed by atoms with Crippen LogP contribution in [0.5, 0.6) is 0 Å². The van der Waals surface area contributed by atoms with E-state index >= 15 is 0 Å². The van der Waals surface area contributed by atoms with Crippen molar-refractivity contribution in [2.45, 2.75) is 13.3 Å². The summed E-state index contributed by atoms with van der Waals surface area (Å²) >= 11 is 0. The molecule has 0 aromatic heterocycles. The highest BCUT2D eigenvalue weighted by Gasteiger charge is 2.23. The largest absolute Gasteiger partial charge is 0.396 e. The molecule has 0 spiro atoms. The Morgan fingerprint density at radius 1 is 0.760 bits per heavy atom. The van der Waals surface area contributed by atoms with Crippen molar-refractivity contribution in [3.8, 4) is 0 Å². The molecule has 0 radical (unpaired) electrons. The van der Waals surface area contributed by atoms with Crippen LogP contribution in [0.15, 0.2) is 72.8 Å². The number of benzene rings is 3. The summed E-state index contributed by atoms with van der Waals surface area (Å²) in [6.07, 6.45) is 0.846. The number of hydrogen-bond acceptors (Lipinski definition) is 3. The third kappa shape index (κ3) is 2.69. The minimum atomic E-state index is 0.712. The molecule has 1 aliphatic carbocycles. The fraction of sp³-hybridized carbons (Fsp3) is 0.0909. The van der Waals surface area contributed by atoms with Crippen LogP contribution in [0.1, 0.15) is 27.8 Å². The number of nitrogens with two attached hydrogens (primary N) is 2. The molecule has 4 rings (SSSR count). The number of hydrazine groups is 1. The summed E-state index contributed by atoms with van der Waals surface area (Å²) in [5, 5.41) is 1.70. The van der Waals surface area contributed by atoms with Crippen molar-refractivity contribution >= 4 is 17.1 Å². The van der Waals surface area contributed by atoms with Crippen LogP contribution in [0, 0.1) is 6.92 Å². The number of hydrogen-bond donors (Lipinski definition) is 2. The Hall–Kier alpha value is -3.04. The zero-order valence-electron chi connectivity index (χ0n) is 14.2. The van der Waals surface area contributed by atoms with Crippen molar-refractivity contribution < 1.29 is 0 Å². The summed E-state index contributed by atoms with van der Waals surface area (Å²) in [6, 6.07) is 24.8. The van der Waals surface area contributed by atoms with Crippen molar-refractivity contribution in [1.29, 1.82) is 0 Å². The molecule has 0 atom stereocenters. The van der Waals surface area contributed by atoms with Gasteiger partial charge >= 0.3 is 0 Å². The molecule has 3 nitrogen and oxygen atoms in total. The molecule has 0 saturated heterocycles. The maximum atomic E-state index is 6.63. The van der Waals surface area contributed by atoms with Gasteiger partial charge in [0.25, 0.3) is 0 Å². The molecule has 0 unspecified atom stereocenters. The second-order valence-corrected chi connectivity index (χ2v) is 6.46. The number of rotatable bonds is 2. The van der Waals surface area contributed by atoms with Crippen molar-refractivity contribution in [2.75, 3.05) is 5.01 Å². The molecule has 0 aliphatic heterocycles. The van der Waals surface area contributed by atoms with E-state index < -0.39 is 0 Å². The van der Waals surface area contributed by atoms with E-state index in [1.54, 1.807) is 5.01 Å². The quantitative estimate of drug-likeness (QED) is 0.551. The summed E-state index contributed by atoms with van der Waals surface area (Å²) in [5.41, 5.74) is 14.9. The highest BCUT2D eigenvalue weighted by atomic mass is 15.4. The lowest BCUT2D eigenvalue weighted by molar-refractivity contribution is 1.09. The fourth-order valence-corrected chi connectivity index (χ4v) is 3.41. The number of anilines is 1. The van der Waals surface area contributed by atoms with Gasteiger partial charge in [0.2, 0.25) is 0 Å². The molecule has 0 bridgehead atoms. The third-order valence-electron chi connectivity index (χ3n) is 4.77. The van der Waals surface area contributed by atoms with Gasteiger partial charge in [0, 0.05) is 11.1 Å². The van der Waals surface area contributed by atoms with Crippen molar-refractivity contribution in [3.63, 3.8) is 0 Å². The van der Waals surface area contributed by atoms with E-state index in [-0.39, 0.29) is 0 Å². The molecule has 1 aliphatic rings. The smallest absolute Gasteiger partial charge is 0.0885 e. The molecular formula is C22H21N3. The van der Waals surface area contributed by atoms with Crippen LogP contribution in [0.4, 0.5) is 5.69 Å². The van der Waals surface area contributed by atoms with Gasteiger partial charge in [-0.05, 0) is 36.6 Å². The lowest BCUT2D eigenvalue weighted by atomic mass is 9.99. The van der Waals surface area contributed by atoms with Gasteiger partial charge in [0.1, 0.15) is 0 Å². The van der Waals surface area contributed by atoms with E-state index in [2.05, 4.69) is 55.5 Å². The average molecular weight is 327 g/mol. The number of fused-ring (bicyclic) bond motifs is 2. The van der Waals surface area contributed by atoms with E-state index in [1.807, 2.05) is 24.3 Å². The first-order valence-electron chi connectivity index (χ1n) is 8.43. The molecule has 0 fully saturated rings. The minimum absolute atomic E-state index is 0.712. The van der Waals surface area contributed by atoms with E-state index in [1.165, 1.54) is 16.7 Å². The Bertz CT molecular complexity index is 955. The minimum Gasteiger partial charge on any atom is -0.396 e. The first-order valence-corrected chi connectivity index (χ1v) is 8.43. The van der Waals surface area contributed by atoms with E-state index in [4.69, 9.17) is 11.6 Å². The predicted octanol–water partition coefficient (Wildman–Crippen LogP) is 4.06. The van der Waals surface area contributed by atoms with Crippen LogP contribution in [0.25, 0.3) is 11.4 Å². The summed E-state index contributed by atoms with van der Waals surface area (Å²) < 4.78 is 0. The van der Waals surface area contributed by atoms with Gasteiger partial charge in [-0.15, -0.1) is 0 Å². The molecule has 25 heavy (non-hydrogen) atoms. The van der Waals surface area contributed by atoms with Gasteiger partial charge in [0.05, 0.1) is 17.1 Å². The normalized spacial score (nSPS) is 13.0.